The van der Waals surface area contributed by atoms with Gasteiger partial charge in [-0.2, -0.15) is 5.26 Å². The first-order valence-electron chi connectivity index (χ1n) is 6.46. The van der Waals surface area contributed by atoms with E-state index >= 15 is 0 Å². The predicted octanol–water partition coefficient (Wildman–Crippen LogP) is 2.93. The molecule has 0 saturated heterocycles. The number of carbonyl (C=O) groups is 1. The maximum atomic E-state index is 12.3. The molecule has 2 rings (SSSR count). The van der Waals surface area contributed by atoms with Gasteiger partial charge in [0.2, 0.25) is 5.91 Å². The molecule has 0 atom stereocenters. The molecule has 1 amide bonds. The number of hydrogen-bond donors (Lipinski definition) is 1. The van der Waals surface area contributed by atoms with Crippen LogP contribution in [0.5, 0.6) is 0 Å². The topological polar surface area (TPSA) is 96.0 Å². The highest BCUT2D eigenvalue weighted by Gasteiger charge is 2.42. The summed E-state index contributed by atoms with van der Waals surface area (Å²) in [6.07, 6.45) is 2.68. The molecule has 0 aromatic heterocycles. The number of nitro groups is 1. The van der Waals surface area contributed by atoms with E-state index in [0.29, 0.717) is 12.8 Å². The van der Waals surface area contributed by atoms with Gasteiger partial charge in [-0.05, 0) is 31.4 Å². The molecule has 0 spiro atoms. The number of anilines is 1. The summed E-state index contributed by atoms with van der Waals surface area (Å²) in [5, 5.41) is 22.8. The monoisotopic (exact) mass is 273 g/mol. The largest absolute Gasteiger partial charge is 0.319 e. The summed E-state index contributed by atoms with van der Waals surface area (Å²) >= 11 is 0. The van der Waals surface area contributed by atoms with Crippen LogP contribution < -0.4 is 5.32 Å². The molecule has 0 aliphatic heterocycles. The van der Waals surface area contributed by atoms with Gasteiger partial charge in [0.25, 0.3) is 5.69 Å². The van der Waals surface area contributed by atoms with E-state index < -0.39 is 16.2 Å². The third-order valence-corrected chi connectivity index (χ3v) is 3.70. The van der Waals surface area contributed by atoms with Crippen molar-refractivity contribution in [2.45, 2.75) is 32.6 Å². The van der Waals surface area contributed by atoms with Crippen LogP contribution in [0.3, 0.4) is 0 Å². The molecule has 0 unspecified atom stereocenters. The molecule has 1 aliphatic carbocycles. The van der Waals surface area contributed by atoms with E-state index in [0.717, 1.165) is 18.4 Å². The van der Waals surface area contributed by atoms with Gasteiger partial charge in [-0.15, -0.1) is 0 Å². The lowest BCUT2D eigenvalue weighted by Crippen LogP contribution is -2.32. The van der Waals surface area contributed by atoms with Crippen molar-refractivity contribution < 1.29 is 9.72 Å². The van der Waals surface area contributed by atoms with E-state index in [-0.39, 0.29) is 11.4 Å². The van der Waals surface area contributed by atoms with Crippen LogP contribution in [0, 0.1) is 33.8 Å². The van der Waals surface area contributed by atoms with Crippen LogP contribution in [0.1, 0.15) is 31.2 Å². The molecule has 1 aliphatic rings. The van der Waals surface area contributed by atoms with Crippen molar-refractivity contribution in [2.75, 3.05) is 5.32 Å². The maximum absolute atomic E-state index is 12.3. The van der Waals surface area contributed by atoms with Gasteiger partial charge in [-0.3, -0.25) is 14.9 Å². The number of benzene rings is 1. The van der Waals surface area contributed by atoms with Gasteiger partial charge in [0.15, 0.2) is 0 Å². The van der Waals surface area contributed by atoms with E-state index in [2.05, 4.69) is 11.4 Å². The van der Waals surface area contributed by atoms with Crippen LogP contribution in [0.4, 0.5) is 11.4 Å². The second-order valence-corrected chi connectivity index (χ2v) is 5.13. The number of aryl methyl sites for hydroxylation is 1. The summed E-state index contributed by atoms with van der Waals surface area (Å²) < 4.78 is 0. The SMILES string of the molecule is Cc1ccc(NC(=O)C2(C#N)CCCC2)c([N+](=O)[O-])c1. The van der Waals surface area contributed by atoms with Crippen LogP contribution >= 0.6 is 0 Å². The Balaban J connectivity index is 2.29. The highest BCUT2D eigenvalue weighted by Crippen LogP contribution is 2.39. The second-order valence-electron chi connectivity index (χ2n) is 5.13. The zero-order valence-corrected chi connectivity index (χ0v) is 11.2. The van der Waals surface area contributed by atoms with Crippen molar-refractivity contribution in [2.24, 2.45) is 5.41 Å². The van der Waals surface area contributed by atoms with Gasteiger partial charge in [-0.1, -0.05) is 18.9 Å². The summed E-state index contributed by atoms with van der Waals surface area (Å²) in [6.45, 7) is 1.74. The second kappa shape index (κ2) is 5.29. The molecular formula is C14H15N3O3. The van der Waals surface area contributed by atoms with Crippen LogP contribution in [-0.4, -0.2) is 10.8 Å². The Hall–Kier alpha value is -2.42. The van der Waals surface area contributed by atoms with Crippen molar-refractivity contribution in [3.8, 4) is 6.07 Å². The molecule has 1 fully saturated rings. The Morgan fingerprint density at radius 1 is 1.45 bits per heavy atom. The first-order valence-corrected chi connectivity index (χ1v) is 6.46. The van der Waals surface area contributed by atoms with Crippen LogP contribution in [0.25, 0.3) is 0 Å². The lowest BCUT2D eigenvalue weighted by Gasteiger charge is -2.19. The quantitative estimate of drug-likeness (QED) is 0.676. The molecule has 104 valence electrons. The van der Waals surface area contributed by atoms with Crippen LogP contribution in [0.2, 0.25) is 0 Å². The predicted molar refractivity (Wildman–Crippen MR) is 73.0 cm³/mol. The normalized spacial score (nSPS) is 16.4. The van der Waals surface area contributed by atoms with Crippen LogP contribution in [0.15, 0.2) is 18.2 Å². The Bertz CT molecular complexity index is 598. The molecule has 0 bridgehead atoms. The van der Waals surface area contributed by atoms with Gasteiger partial charge in [-0.25, -0.2) is 0 Å². The van der Waals surface area contributed by atoms with Gasteiger partial charge in [0.1, 0.15) is 11.1 Å². The van der Waals surface area contributed by atoms with Gasteiger partial charge >= 0.3 is 0 Å². The van der Waals surface area contributed by atoms with Crippen molar-refractivity contribution in [3.63, 3.8) is 0 Å². The molecule has 1 aromatic carbocycles. The van der Waals surface area contributed by atoms with Gasteiger partial charge in [0, 0.05) is 6.07 Å². The van der Waals surface area contributed by atoms with Crippen molar-refractivity contribution in [1.29, 1.82) is 5.26 Å². The van der Waals surface area contributed by atoms with Gasteiger partial charge in [0.05, 0.1) is 11.0 Å². The van der Waals surface area contributed by atoms with Crippen LogP contribution in [-0.2, 0) is 4.79 Å². The standard InChI is InChI=1S/C14H15N3O3/c1-10-4-5-11(12(8-10)17(19)20)16-13(18)14(9-15)6-2-3-7-14/h4-5,8H,2-3,6-7H2,1H3,(H,16,18). The molecule has 6 heteroatoms. The smallest absolute Gasteiger partial charge is 0.293 e. The van der Waals surface area contributed by atoms with Gasteiger partial charge < -0.3 is 5.32 Å². The Kier molecular flexibility index (Phi) is 3.70. The summed E-state index contributed by atoms with van der Waals surface area (Å²) in [7, 11) is 0. The number of nitriles is 1. The molecule has 1 saturated carbocycles. The number of hydrogen-bond acceptors (Lipinski definition) is 4. The van der Waals surface area contributed by atoms with E-state index in [4.69, 9.17) is 0 Å². The number of nitro benzene ring substituents is 1. The van der Waals surface area contributed by atoms with Crippen molar-refractivity contribution >= 4 is 17.3 Å². The highest BCUT2D eigenvalue weighted by atomic mass is 16.6. The van der Waals surface area contributed by atoms with E-state index in [9.17, 15) is 20.2 Å². The zero-order valence-electron chi connectivity index (χ0n) is 11.2. The first kappa shape index (κ1) is 14.0. The van der Waals surface area contributed by atoms with E-state index in [1.165, 1.54) is 12.1 Å². The number of rotatable bonds is 3. The Morgan fingerprint density at radius 2 is 2.10 bits per heavy atom. The summed E-state index contributed by atoms with van der Waals surface area (Å²) in [5.41, 5.74) is -0.305. The number of carbonyl (C=O) groups excluding carboxylic acids is 1. The summed E-state index contributed by atoms with van der Waals surface area (Å²) in [4.78, 5) is 22.8. The molecule has 1 N–H and O–H groups in total. The molecule has 0 heterocycles. The molecular weight excluding hydrogens is 258 g/mol. The fraction of sp³-hybridized carbons (Fsp3) is 0.429. The zero-order chi connectivity index (χ0) is 14.8. The first-order chi connectivity index (χ1) is 9.48. The average Bonchev–Trinajstić information content (AvgIpc) is 2.90. The highest BCUT2D eigenvalue weighted by molar-refractivity contribution is 5.99. The van der Waals surface area contributed by atoms with Crippen molar-refractivity contribution in [1.82, 2.24) is 0 Å². The third-order valence-electron chi connectivity index (χ3n) is 3.70. The molecule has 6 nitrogen and oxygen atoms in total. The minimum Gasteiger partial charge on any atom is -0.319 e. The Morgan fingerprint density at radius 3 is 2.65 bits per heavy atom. The number of amides is 1. The third kappa shape index (κ3) is 2.48. The van der Waals surface area contributed by atoms with E-state index in [1.807, 2.05) is 0 Å². The van der Waals surface area contributed by atoms with Crippen molar-refractivity contribution in [3.05, 3.63) is 33.9 Å². The minimum atomic E-state index is -1.04. The lowest BCUT2D eigenvalue weighted by atomic mass is 9.87. The molecule has 1 aromatic rings. The minimum absolute atomic E-state index is 0.145. The maximum Gasteiger partial charge on any atom is 0.293 e. The number of nitrogens with zero attached hydrogens (tertiary/aromatic N) is 2. The lowest BCUT2D eigenvalue weighted by molar-refractivity contribution is -0.384. The Labute approximate surface area is 116 Å². The summed E-state index contributed by atoms with van der Waals surface area (Å²) in [5.74, 6) is -0.440. The number of nitrogens with one attached hydrogen (secondary N) is 1. The van der Waals surface area contributed by atoms with E-state index in [1.54, 1.807) is 13.0 Å². The average molecular weight is 273 g/mol. The molecule has 0 radical (unpaired) electrons. The fourth-order valence-electron chi connectivity index (χ4n) is 2.51. The fourth-order valence-corrected chi connectivity index (χ4v) is 2.51. The molecule has 20 heavy (non-hydrogen) atoms. The summed E-state index contributed by atoms with van der Waals surface area (Å²) in [6, 6.07) is 6.68.